The fourth-order valence-electron chi connectivity index (χ4n) is 7.45. The Morgan fingerprint density at radius 2 is 1.16 bits per heavy atom. The van der Waals surface area contributed by atoms with Crippen molar-refractivity contribution in [2.45, 2.75) is 19.3 Å². The number of hydrogen-bond acceptors (Lipinski definition) is 2. The molecule has 9 rings (SSSR count). The lowest BCUT2D eigenvalue weighted by atomic mass is 9.82. The molecular weight excluding hydrogens is 563 g/mol. The summed E-state index contributed by atoms with van der Waals surface area (Å²) in [7, 11) is 0. The molecule has 45 heavy (non-hydrogen) atoms. The van der Waals surface area contributed by atoms with Crippen LogP contribution in [0.5, 0.6) is 0 Å². The summed E-state index contributed by atoms with van der Waals surface area (Å²) in [5.41, 5.74) is 11.3. The molecule has 0 aliphatic heterocycles. The molecule has 0 radical (unpaired) electrons. The second kappa shape index (κ2) is 9.92. The van der Waals surface area contributed by atoms with Gasteiger partial charge in [0.1, 0.15) is 0 Å². The Morgan fingerprint density at radius 3 is 2.00 bits per heavy atom. The van der Waals surface area contributed by atoms with Gasteiger partial charge in [-0.15, -0.1) is 11.3 Å². The van der Waals surface area contributed by atoms with E-state index in [1.165, 1.54) is 81.4 Å². The zero-order valence-electron chi connectivity index (χ0n) is 25.3. The second-order valence-electron chi connectivity index (χ2n) is 12.6. The van der Waals surface area contributed by atoms with Crippen molar-refractivity contribution in [3.05, 3.63) is 163 Å². The summed E-state index contributed by atoms with van der Waals surface area (Å²) in [5, 5.41) is 5.16. The van der Waals surface area contributed by atoms with E-state index in [1.807, 2.05) is 11.3 Å². The van der Waals surface area contributed by atoms with Gasteiger partial charge in [0.05, 0.1) is 11.4 Å². The van der Waals surface area contributed by atoms with Crippen LogP contribution in [-0.2, 0) is 5.41 Å². The predicted molar refractivity (Wildman–Crippen MR) is 195 cm³/mol. The van der Waals surface area contributed by atoms with Gasteiger partial charge in [-0.25, -0.2) is 0 Å². The standard InChI is InChI=1S/C43H31NS/c1-43(2)36-19-10-8-18-33(36)34-24-23-31(27-37(34)43)44(38-20-11-9-17-32(38)28-13-4-3-5-14-28)39-21-12-22-40-42(39)35-25-29-15-6-7-16-30(29)26-41(35)45-40/h3-27H,1-2H3. The van der Waals surface area contributed by atoms with Crippen LogP contribution in [-0.4, -0.2) is 0 Å². The van der Waals surface area contributed by atoms with Crippen LogP contribution in [0.4, 0.5) is 17.1 Å². The first-order chi connectivity index (χ1) is 22.1. The summed E-state index contributed by atoms with van der Waals surface area (Å²) in [6, 6.07) is 55.9. The average Bonchev–Trinajstić information content (AvgIpc) is 3.56. The van der Waals surface area contributed by atoms with E-state index in [4.69, 9.17) is 0 Å². The maximum atomic E-state index is 2.51. The third-order valence-corrected chi connectivity index (χ3v) is 10.8. The number of benzene rings is 7. The molecule has 214 valence electrons. The number of para-hydroxylation sites is 1. The second-order valence-corrected chi connectivity index (χ2v) is 13.7. The van der Waals surface area contributed by atoms with Gasteiger partial charge in [-0.3, -0.25) is 0 Å². The monoisotopic (exact) mass is 593 g/mol. The normalized spacial score (nSPS) is 13.3. The van der Waals surface area contributed by atoms with E-state index >= 15 is 0 Å². The lowest BCUT2D eigenvalue weighted by Gasteiger charge is -2.30. The van der Waals surface area contributed by atoms with Crippen LogP contribution in [0.25, 0.3) is 53.2 Å². The smallest absolute Gasteiger partial charge is 0.0555 e. The third kappa shape index (κ3) is 3.99. The first-order valence-corrected chi connectivity index (χ1v) is 16.4. The highest BCUT2D eigenvalue weighted by molar-refractivity contribution is 7.26. The summed E-state index contributed by atoms with van der Waals surface area (Å²) in [5.74, 6) is 0. The average molecular weight is 594 g/mol. The Labute approximate surface area is 267 Å². The topological polar surface area (TPSA) is 3.24 Å². The lowest BCUT2D eigenvalue weighted by Crippen LogP contribution is -2.17. The van der Waals surface area contributed by atoms with Crippen LogP contribution < -0.4 is 4.90 Å². The van der Waals surface area contributed by atoms with Gasteiger partial charge in [0.2, 0.25) is 0 Å². The highest BCUT2D eigenvalue weighted by Crippen LogP contribution is 2.52. The molecule has 0 N–H and O–H groups in total. The van der Waals surface area contributed by atoms with E-state index in [-0.39, 0.29) is 5.41 Å². The van der Waals surface area contributed by atoms with Crippen molar-refractivity contribution < 1.29 is 0 Å². The van der Waals surface area contributed by atoms with Crippen LogP contribution in [0, 0.1) is 0 Å². The Morgan fingerprint density at radius 1 is 0.489 bits per heavy atom. The van der Waals surface area contributed by atoms with E-state index in [1.54, 1.807) is 0 Å². The molecule has 1 nitrogen and oxygen atoms in total. The van der Waals surface area contributed by atoms with Crippen LogP contribution in [0.1, 0.15) is 25.0 Å². The highest BCUT2D eigenvalue weighted by Gasteiger charge is 2.36. The minimum absolute atomic E-state index is 0.0907. The van der Waals surface area contributed by atoms with Crippen LogP contribution in [0.3, 0.4) is 0 Å². The summed E-state index contributed by atoms with van der Waals surface area (Å²) >= 11 is 1.88. The van der Waals surface area contributed by atoms with Gasteiger partial charge in [-0.05, 0) is 81.1 Å². The van der Waals surface area contributed by atoms with Gasteiger partial charge < -0.3 is 4.90 Å². The minimum Gasteiger partial charge on any atom is -0.309 e. The fraction of sp³-hybridized carbons (Fsp3) is 0.0698. The molecule has 0 bridgehead atoms. The zero-order chi connectivity index (χ0) is 30.1. The molecule has 0 amide bonds. The van der Waals surface area contributed by atoms with E-state index in [2.05, 4.69) is 170 Å². The Kier molecular flexibility index (Phi) is 5.78. The summed E-state index contributed by atoms with van der Waals surface area (Å²) in [6.45, 7) is 4.73. The van der Waals surface area contributed by atoms with Crippen molar-refractivity contribution in [3.8, 4) is 22.3 Å². The summed E-state index contributed by atoms with van der Waals surface area (Å²) < 4.78 is 2.62. The lowest BCUT2D eigenvalue weighted by molar-refractivity contribution is 0.660. The Bertz CT molecular complexity index is 2410. The zero-order valence-corrected chi connectivity index (χ0v) is 26.1. The van der Waals surface area contributed by atoms with Crippen molar-refractivity contribution in [1.82, 2.24) is 0 Å². The Hall–Kier alpha value is -5.18. The van der Waals surface area contributed by atoms with Crippen molar-refractivity contribution in [2.24, 2.45) is 0 Å². The summed E-state index contributed by atoms with van der Waals surface area (Å²) in [6.07, 6.45) is 0. The molecule has 0 saturated carbocycles. The van der Waals surface area contributed by atoms with Crippen molar-refractivity contribution in [3.63, 3.8) is 0 Å². The van der Waals surface area contributed by atoms with Gasteiger partial charge in [-0.2, -0.15) is 0 Å². The SMILES string of the molecule is CC1(C)c2ccccc2-c2ccc(N(c3ccccc3-c3ccccc3)c3cccc4sc5cc6ccccc6cc5c34)cc21. The van der Waals surface area contributed by atoms with Gasteiger partial charge in [0.25, 0.3) is 0 Å². The summed E-state index contributed by atoms with van der Waals surface area (Å²) in [4.78, 5) is 2.51. The van der Waals surface area contributed by atoms with E-state index in [0.717, 1.165) is 0 Å². The number of fused-ring (bicyclic) bond motifs is 7. The molecule has 7 aromatic carbocycles. The molecule has 0 atom stereocenters. The minimum atomic E-state index is -0.0907. The molecule has 2 heteroatoms. The largest absolute Gasteiger partial charge is 0.309 e. The predicted octanol–water partition coefficient (Wildman–Crippen LogP) is 12.7. The van der Waals surface area contributed by atoms with Gasteiger partial charge in [-0.1, -0.05) is 123 Å². The number of rotatable bonds is 4. The molecule has 1 aromatic heterocycles. The van der Waals surface area contributed by atoms with Gasteiger partial charge >= 0.3 is 0 Å². The first kappa shape index (κ1) is 26.2. The first-order valence-electron chi connectivity index (χ1n) is 15.6. The van der Waals surface area contributed by atoms with Gasteiger partial charge in [0.15, 0.2) is 0 Å². The molecule has 8 aromatic rings. The molecule has 1 aliphatic carbocycles. The molecular formula is C43H31NS. The van der Waals surface area contributed by atoms with Crippen molar-refractivity contribution in [1.29, 1.82) is 0 Å². The number of nitrogens with zero attached hydrogens (tertiary/aromatic N) is 1. The number of anilines is 3. The maximum Gasteiger partial charge on any atom is 0.0555 e. The van der Waals surface area contributed by atoms with Crippen LogP contribution in [0.2, 0.25) is 0 Å². The fourth-order valence-corrected chi connectivity index (χ4v) is 8.61. The number of thiophene rings is 1. The molecule has 0 spiro atoms. The quantitative estimate of drug-likeness (QED) is 0.196. The molecule has 1 heterocycles. The Balaban J connectivity index is 1.35. The maximum absolute atomic E-state index is 2.51. The van der Waals surface area contributed by atoms with Crippen molar-refractivity contribution >= 4 is 59.3 Å². The van der Waals surface area contributed by atoms with Gasteiger partial charge in [0, 0.05) is 36.8 Å². The van der Waals surface area contributed by atoms with Crippen LogP contribution in [0.15, 0.2) is 152 Å². The third-order valence-electron chi connectivity index (χ3n) is 9.64. The number of hydrogen-bond donors (Lipinski definition) is 0. The molecule has 0 fully saturated rings. The molecule has 0 saturated heterocycles. The molecule has 1 aliphatic rings. The van der Waals surface area contributed by atoms with E-state index in [9.17, 15) is 0 Å². The van der Waals surface area contributed by atoms with Crippen LogP contribution >= 0.6 is 11.3 Å². The highest BCUT2D eigenvalue weighted by atomic mass is 32.1. The van der Waals surface area contributed by atoms with Crippen molar-refractivity contribution in [2.75, 3.05) is 4.90 Å². The van der Waals surface area contributed by atoms with E-state index < -0.39 is 0 Å². The molecule has 0 unspecified atom stereocenters. The van der Waals surface area contributed by atoms with E-state index in [0.29, 0.717) is 0 Å².